The first-order valence-electron chi connectivity index (χ1n) is 6.89. The Balaban J connectivity index is 2.31. The van der Waals surface area contributed by atoms with Gasteiger partial charge in [-0.1, -0.05) is 12.1 Å². The minimum atomic E-state index is -3.55. The van der Waals surface area contributed by atoms with Gasteiger partial charge < -0.3 is 10.4 Å². The van der Waals surface area contributed by atoms with E-state index in [1.165, 1.54) is 0 Å². The zero-order valence-electron chi connectivity index (χ0n) is 11.9. The fourth-order valence-electron chi connectivity index (χ4n) is 2.39. The first kappa shape index (κ1) is 15.3. The van der Waals surface area contributed by atoms with E-state index >= 15 is 0 Å². The molecule has 0 unspecified atom stereocenters. The van der Waals surface area contributed by atoms with Gasteiger partial charge in [0, 0.05) is 6.04 Å². The molecule has 1 aromatic rings. The molecule has 0 radical (unpaired) electrons. The Labute approximate surface area is 120 Å². The summed E-state index contributed by atoms with van der Waals surface area (Å²) in [5.74, 6) is 0. The van der Waals surface area contributed by atoms with Crippen LogP contribution >= 0.6 is 0 Å². The quantitative estimate of drug-likeness (QED) is 0.747. The number of aliphatic hydroxyl groups excluding tert-OH is 1. The highest BCUT2D eigenvalue weighted by Crippen LogP contribution is 2.36. The van der Waals surface area contributed by atoms with Gasteiger partial charge in [-0.05, 0) is 45.2 Å². The largest absolute Gasteiger partial charge is 0.394 e. The molecule has 1 aliphatic carbocycles. The number of sulfonamides is 1. The summed E-state index contributed by atoms with van der Waals surface area (Å²) in [5.41, 5.74) is 0.179. The summed E-state index contributed by atoms with van der Waals surface area (Å²) in [6.07, 6.45) is 2.76. The molecule has 0 amide bonds. The predicted molar refractivity (Wildman–Crippen MR) is 79.2 cm³/mol. The number of para-hydroxylation sites is 1. The van der Waals surface area contributed by atoms with E-state index in [4.69, 9.17) is 0 Å². The molecule has 5 nitrogen and oxygen atoms in total. The van der Waals surface area contributed by atoms with Crippen LogP contribution < -0.4 is 10.0 Å². The molecule has 1 aromatic carbocycles. The normalized spacial score (nSPS) is 17.8. The lowest BCUT2D eigenvalue weighted by molar-refractivity contribution is 0.144. The second-order valence-electron chi connectivity index (χ2n) is 5.69. The molecule has 0 aromatic heterocycles. The lowest BCUT2D eigenvalue weighted by atomic mass is 9.77. The molecule has 6 heteroatoms. The molecule has 0 atom stereocenters. The number of benzene rings is 1. The number of rotatable bonds is 6. The standard InChI is InChI=1S/C14H22N2O3S/c1-11(2)16-20(18,19)13-7-4-3-6-12(13)15-14(10-17)8-5-9-14/h3-4,6-7,11,15-17H,5,8-10H2,1-2H3. The Kier molecular flexibility index (Phi) is 4.36. The van der Waals surface area contributed by atoms with Crippen molar-refractivity contribution in [3.05, 3.63) is 24.3 Å². The van der Waals surface area contributed by atoms with Crippen molar-refractivity contribution in [3.8, 4) is 0 Å². The zero-order valence-corrected chi connectivity index (χ0v) is 12.7. The third-order valence-corrected chi connectivity index (χ3v) is 5.30. The van der Waals surface area contributed by atoms with Crippen LogP contribution in [0.25, 0.3) is 0 Å². The molecule has 0 aliphatic heterocycles. The van der Waals surface area contributed by atoms with Crippen molar-refractivity contribution < 1.29 is 13.5 Å². The van der Waals surface area contributed by atoms with Crippen molar-refractivity contribution in [2.75, 3.05) is 11.9 Å². The van der Waals surface area contributed by atoms with Crippen LogP contribution in [0.15, 0.2) is 29.2 Å². The minimum Gasteiger partial charge on any atom is -0.394 e. The Morgan fingerprint density at radius 1 is 1.30 bits per heavy atom. The van der Waals surface area contributed by atoms with Gasteiger partial charge in [-0.25, -0.2) is 13.1 Å². The summed E-state index contributed by atoms with van der Waals surface area (Å²) in [5, 5.41) is 12.7. The smallest absolute Gasteiger partial charge is 0.242 e. The zero-order chi connectivity index (χ0) is 14.8. The Hall–Kier alpha value is -1.11. The van der Waals surface area contributed by atoms with Gasteiger partial charge in [0.2, 0.25) is 10.0 Å². The van der Waals surface area contributed by atoms with E-state index in [9.17, 15) is 13.5 Å². The van der Waals surface area contributed by atoms with Crippen LogP contribution in [0.3, 0.4) is 0 Å². The van der Waals surface area contributed by atoms with E-state index in [0.717, 1.165) is 19.3 Å². The highest BCUT2D eigenvalue weighted by atomic mass is 32.2. The van der Waals surface area contributed by atoms with E-state index in [1.807, 2.05) is 0 Å². The molecular weight excluding hydrogens is 276 g/mol. The molecule has 3 N–H and O–H groups in total. The average Bonchev–Trinajstić information content (AvgIpc) is 2.32. The molecule has 0 spiro atoms. The summed E-state index contributed by atoms with van der Waals surface area (Å²) in [4.78, 5) is 0.230. The van der Waals surface area contributed by atoms with Crippen LogP contribution in [0, 0.1) is 0 Å². The van der Waals surface area contributed by atoms with E-state index in [2.05, 4.69) is 10.0 Å². The molecule has 1 saturated carbocycles. The molecular formula is C14H22N2O3S. The fraction of sp³-hybridized carbons (Fsp3) is 0.571. The van der Waals surface area contributed by atoms with Crippen molar-refractivity contribution in [2.45, 2.75) is 49.6 Å². The number of anilines is 1. The summed E-state index contributed by atoms with van der Waals surface area (Å²) in [6.45, 7) is 3.59. The second-order valence-corrected chi connectivity index (χ2v) is 7.37. The van der Waals surface area contributed by atoms with E-state index < -0.39 is 10.0 Å². The maximum atomic E-state index is 12.3. The predicted octanol–water partition coefficient (Wildman–Crippen LogP) is 1.70. The molecule has 2 rings (SSSR count). The van der Waals surface area contributed by atoms with Crippen molar-refractivity contribution in [3.63, 3.8) is 0 Å². The average molecular weight is 298 g/mol. The van der Waals surface area contributed by atoms with Crippen LogP contribution in [0.1, 0.15) is 33.1 Å². The molecule has 0 saturated heterocycles. The van der Waals surface area contributed by atoms with E-state index in [0.29, 0.717) is 5.69 Å². The Morgan fingerprint density at radius 2 is 1.95 bits per heavy atom. The molecule has 0 heterocycles. The SMILES string of the molecule is CC(C)NS(=O)(=O)c1ccccc1NC1(CO)CCC1. The van der Waals surface area contributed by atoms with Crippen LogP contribution in [-0.4, -0.2) is 31.7 Å². The van der Waals surface area contributed by atoms with Gasteiger partial charge in [-0.3, -0.25) is 0 Å². The third kappa shape index (κ3) is 3.13. The maximum Gasteiger partial charge on any atom is 0.242 e. The summed E-state index contributed by atoms with van der Waals surface area (Å²) < 4.78 is 27.2. The van der Waals surface area contributed by atoms with Crippen LogP contribution in [0.5, 0.6) is 0 Å². The van der Waals surface area contributed by atoms with Crippen molar-refractivity contribution in [1.82, 2.24) is 4.72 Å². The second kappa shape index (κ2) is 5.71. The Morgan fingerprint density at radius 3 is 2.45 bits per heavy atom. The van der Waals surface area contributed by atoms with Gasteiger partial charge in [0.25, 0.3) is 0 Å². The number of hydrogen-bond acceptors (Lipinski definition) is 4. The van der Waals surface area contributed by atoms with Crippen LogP contribution in [-0.2, 0) is 10.0 Å². The third-order valence-electron chi connectivity index (χ3n) is 3.58. The monoisotopic (exact) mass is 298 g/mol. The number of aliphatic hydroxyl groups is 1. The first-order valence-corrected chi connectivity index (χ1v) is 8.37. The summed E-state index contributed by atoms with van der Waals surface area (Å²) in [7, 11) is -3.55. The molecule has 112 valence electrons. The molecule has 0 bridgehead atoms. The van der Waals surface area contributed by atoms with Crippen LogP contribution in [0.2, 0.25) is 0 Å². The minimum absolute atomic E-state index is 0.0129. The lowest BCUT2D eigenvalue weighted by Crippen LogP contribution is -2.48. The summed E-state index contributed by atoms with van der Waals surface area (Å²) in [6, 6.07) is 6.65. The van der Waals surface area contributed by atoms with Gasteiger partial charge in [-0.2, -0.15) is 0 Å². The van der Waals surface area contributed by atoms with Crippen molar-refractivity contribution >= 4 is 15.7 Å². The highest BCUT2D eigenvalue weighted by Gasteiger charge is 2.37. The van der Waals surface area contributed by atoms with E-state index in [1.54, 1.807) is 38.1 Å². The maximum absolute atomic E-state index is 12.3. The van der Waals surface area contributed by atoms with Crippen molar-refractivity contribution in [2.24, 2.45) is 0 Å². The van der Waals surface area contributed by atoms with Crippen molar-refractivity contribution in [1.29, 1.82) is 0 Å². The fourth-order valence-corrected chi connectivity index (χ4v) is 3.80. The van der Waals surface area contributed by atoms with Gasteiger partial charge in [0.1, 0.15) is 4.90 Å². The summed E-state index contributed by atoms with van der Waals surface area (Å²) >= 11 is 0. The van der Waals surface area contributed by atoms with Gasteiger partial charge in [-0.15, -0.1) is 0 Å². The van der Waals surface area contributed by atoms with E-state index in [-0.39, 0.29) is 23.1 Å². The molecule has 1 fully saturated rings. The highest BCUT2D eigenvalue weighted by molar-refractivity contribution is 7.89. The first-order chi connectivity index (χ1) is 9.38. The number of nitrogens with one attached hydrogen (secondary N) is 2. The van der Waals surface area contributed by atoms with Crippen LogP contribution in [0.4, 0.5) is 5.69 Å². The Bertz CT molecular complexity index is 560. The van der Waals surface area contributed by atoms with Gasteiger partial charge in [0.05, 0.1) is 17.8 Å². The topological polar surface area (TPSA) is 78.4 Å². The lowest BCUT2D eigenvalue weighted by Gasteiger charge is -2.42. The number of hydrogen-bond donors (Lipinski definition) is 3. The molecule has 20 heavy (non-hydrogen) atoms. The molecule has 1 aliphatic rings. The van der Waals surface area contributed by atoms with Gasteiger partial charge in [0.15, 0.2) is 0 Å². The van der Waals surface area contributed by atoms with Gasteiger partial charge >= 0.3 is 0 Å².